The fraction of sp³-hybridized carbons (Fsp3) is 0.200. The van der Waals surface area contributed by atoms with Crippen LogP contribution >= 0.6 is 0 Å². The molecular formula is C15H17FN2O. The van der Waals surface area contributed by atoms with E-state index in [-0.39, 0.29) is 11.6 Å². The predicted molar refractivity (Wildman–Crippen MR) is 75.3 cm³/mol. The maximum Gasteiger partial charge on any atom is 0.167 e. The summed E-state index contributed by atoms with van der Waals surface area (Å²) in [5.74, 6) is -0.124. The number of hydrogen-bond donors (Lipinski definition) is 1. The van der Waals surface area contributed by atoms with Crippen molar-refractivity contribution in [3.63, 3.8) is 0 Å². The maximum atomic E-state index is 13.7. The summed E-state index contributed by atoms with van der Waals surface area (Å²) in [6.07, 6.45) is 0. The lowest BCUT2D eigenvalue weighted by Gasteiger charge is -2.20. The van der Waals surface area contributed by atoms with E-state index in [1.54, 1.807) is 6.07 Å². The Morgan fingerprint density at radius 2 is 1.74 bits per heavy atom. The molecule has 4 heteroatoms. The minimum atomic E-state index is -0.370. The Bertz CT molecular complexity index is 555. The molecule has 0 aliphatic carbocycles. The lowest BCUT2D eigenvalue weighted by atomic mass is 10.2. The van der Waals surface area contributed by atoms with Gasteiger partial charge in [-0.1, -0.05) is 12.1 Å². The third kappa shape index (κ3) is 2.85. The lowest BCUT2D eigenvalue weighted by Crippen LogP contribution is -2.10. The van der Waals surface area contributed by atoms with E-state index in [4.69, 9.17) is 10.5 Å². The molecule has 0 spiro atoms. The number of ether oxygens (including phenoxy) is 1. The van der Waals surface area contributed by atoms with Crippen molar-refractivity contribution in [2.75, 3.05) is 19.1 Å². The molecular weight excluding hydrogens is 243 g/mol. The van der Waals surface area contributed by atoms with Gasteiger partial charge in [-0.2, -0.15) is 0 Å². The van der Waals surface area contributed by atoms with Crippen molar-refractivity contribution in [2.24, 2.45) is 5.73 Å². The van der Waals surface area contributed by atoms with Gasteiger partial charge < -0.3 is 15.4 Å². The fourth-order valence-electron chi connectivity index (χ4n) is 1.87. The Balaban J connectivity index is 2.27. The van der Waals surface area contributed by atoms with Crippen LogP contribution in [0.4, 0.5) is 15.8 Å². The van der Waals surface area contributed by atoms with Crippen LogP contribution in [0.25, 0.3) is 0 Å². The molecule has 0 aliphatic heterocycles. The maximum absolute atomic E-state index is 13.7. The fourth-order valence-corrected chi connectivity index (χ4v) is 1.87. The van der Waals surface area contributed by atoms with Crippen LogP contribution in [0.3, 0.4) is 0 Å². The van der Waals surface area contributed by atoms with Gasteiger partial charge in [-0.3, -0.25) is 0 Å². The smallest absolute Gasteiger partial charge is 0.167 e. The van der Waals surface area contributed by atoms with Crippen molar-refractivity contribution in [3.05, 3.63) is 53.8 Å². The highest BCUT2D eigenvalue weighted by Gasteiger charge is 2.08. The highest BCUT2D eigenvalue weighted by Crippen LogP contribution is 2.27. The molecule has 0 heterocycles. The molecule has 2 rings (SSSR count). The topological polar surface area (TPSA) is 38.5 Å². The highest BCUT2D eigenvalue weighted by atomic mass is 19.1. The zero-order valence-electron chi connectivity index (χ0n) is 11.1. The first-order valence-corrected chi connectivity index (χ1v) is 6.02. The molecule has 0 saturated carbocycles. The minimum Gasteiger partial charge on any atom is -0.494 e. The van der Waals surface area contributed by atoms with Crippen LogP contribution in [0, 0.1) is 5.82 Å². The summed E-state index contributed by atoms with van der Waals surface area (Å²) in [4.78, 5) is 1.91. The van der Waals surface area contributed by atoms with Gasteiger partial charge in [0.2, 0.25) is 0 Å². The van der Waals surface area contributed by atoms with Crippen LogP contribution in [0.15, 0.2) is 42.5 Å². The first kappa shape index (κ1) is 13.4. The van der Waals surface area contributed by atoms with E-state index < -0.39 is 0 Å². The van der Waals surface area contributed by atoms with Crippen molar-refractivity contribution < 1.29 is 9.13 Å². The molecule has 0 fully saturated rings. The highest BCUT2D eigenvalue weighted by molar-refractivity contribution is 5.63. The average molecular weight is 260 g/mol. The van der Waals surface area contributed by atoms with Crippen molar-refractivity contribution >= 4 is 11.4 Å². The summed E-state index contributed by atoms with van der Waals surface area (Å²) in [5.41, 5.74) is 8.37. The summed E-state index contributed by atoms with van der Waals surface area (Å²) in [7, 11) is 3.34. The second kappa shape index (κ2) is 5.71. The number of halogens is 1. The molecule has 3 nitrogen and oxygen atoms in total. The zero-order valence-corrected chi connectivity index (χ0v) is 11.1. The van der Waals surface area contributed by atoms with E-state index in [9.17, 15) is 4.39 Å². The number of hydrogen-bond acceptors (Lipinski definition) is 3. The summed E-state index contributed by atoms with van der Waals surface area (Å²) >= 11 is 0. The molecule has 2 N–H and O–H groups in total. The van der Waals surface area contributed by atoms with Gasteiger partial charge >= 0.3 is 0 Å². The second-order valence-corrected chi connectivity index (χ2v) is 4.25. The molecule has 0 atom stereocenters. The molecule has 0 aromatic heterocycles. The molecule has 0 saturated heterocycles. The van der Waals surface area contributed by atoms with Crippen LogP contribution in [0.5, 0.6) is 5.75 Å². The van der Waals surface area contributed by atoms with Crippen LogP contribution in [0.1, 0.15) is 5.56 Å². The summed E-state index contributed by atoms with van der Waals surface area (Å²) in [5, 5.41) is 0. The lowest BCUT2D eigenvalue weighted by molar-refractivity contribution is 0.386. The number of methoxy groups -OCH3 is 1. The largest absolute Gasteiger partial charge is 0.494 e. The average Bonchev–Trinajstić information content (AvgIpc) is 2.46. The van der Waals surface area contributed by atoms with Gasteiger partial charge in [0.05, 0.1) is 7.11 Å². The van der Waals surface area contributed by atoms with Gasteiger partial charge in [-0.25, -0.2) is 4.39 Å². The van der Waals surface area contributed by atoms with Gasteiger partial charge in [0.1, 0.15) is 0 Å². The van der Waals surface area contributed by atoms with Crippen molar-refractivity contribution in [3.8, 4) is 5.75 Å². The predicted octanol–water partition coefficient (Wildman–Crippen LogP) is 3.06. The van der Waals surface area contributed by atoms with Crippen LogP contribution < -0.4 is 15.4 Å². The second-order valence-electron chi connectivity index (χ2n) is 4.25. The van der Waals surface area contributed by atoms with Gasteiger partial charge in [0.15, 0.2) is 11.6 Å². The van der Waals surface area contributed by atoms with E-state index in [0.29, 0.717) is 6.54 Å². The van der Waals surface area contributed by atoms with Crippen LogP contribution in [-0.2, 0) is 6.54 Å². The number of anilines is 2. The van der Waals surface area contributed by atoms with E-state index in [2.05, 4.69) is 0 Å². The first-order valence-electron chi connectivity index (χ1n) is 6.02. The minimum absolute atomic E-state index is 0.246. The van der Waals surface area contributed by atoms with Crippen LogP contribution in [-0.4, -0.2) is 14.2 Å². The number of benzene rings is 2. The van der Waals surface area contributed by atoms with E-state index >= 15 is 0 Å². The van der Waals surface area contributed by atoms with E-state index in [1.165, 1.54) is 13.2 Å². The van der Waals surface area contributed by atoms with E-state index in [1.807, 2.05) is 42.3 Å². The van der Waals surface area contributed by atoms with Gasteiger partial charge in [0.25, 0.3) is 0 Å². The molecule has 19 heavy (non-hydrogen) atoms. The zero-order chi connectivity index (χ0) is 13.8. The number of nitrogens with two attached hydrogens (primary N) is 1. The number of rotatable bonds is 4. The molecule has 2 aromatic carbocycles. The third-order valence-corrected chi connectivity index (χ3v) is 3.08. The Kier molecular flexibility index (Phi) is 4.02. The SMILES string of the molecule is COc1ccc(N(C)c2ccc(CN)cc2)cc1F. The van der Waals surface area contributed by atoms with Crippen molar-refractivity contribution in [1.29, 1.82) is 0 Å². The summed E-state index contributed by atoms with van der Waals surface area (Å²) in [6, 6.07) is 12.7. The Labute approximate surface area is 112 Å². The Hall–Kier alpha value is -2.07. The van der Waals surface area contributed by atoms with Gasteiger partial charge in [-0.05, 0) is 29.8 Å². The van der Waals surface area contributed by atoms with E-state index in [0.717, 1.165) is 16.9 Å². The number of nitrogens with zero attached hydrogens (tertiary/aromatic N) is 1. The first-order chi connectivity index (χ1) is 9.15. The summed E-state index contributed by atoms with van der Waals surface area (Å²) in [6.45, 7) is 0.515. The molecule has 0 amide bonds. The van der Waals surface area contributed by atoms with Gasteiger partial charge in [0, 0.05) is 31.0 Å². The quantitative estimate of drug-likeness (QED) is 0.918. The van der Waals surface area contributed by atoms with Crippen molar-refractivity contribution in [1.82, 2.24) is 0 Å². The summed E-state index contributed by atoms with van der Waals surface area (Å²) < 4.78 is 18.6. The molecule has 100 valence electrons. The molecule has 0 aliphatic rings. The van der Waals surface area contributed by atoms with Gasteiger partial charge in [-0.15, -0.1) is 0 Å². The Morgan fingerprint density at radius 1 is 1.11 bits per heavy atom. The molecule has 0 bridgehead atoms. The molecule has 0 radical (unpaired) electrons. The molecule has 0 unspecified atom stereocenters. The monoisotopic (exact) mass is 260 g/mol. The molecule has 2 aromatic rings. The normalized spacial score (nSPS) is 10.3. The standard InChI is InChI=1S/C15H17FN2O/c1-18(12-5-3-11(10-17)4-6-12)13-7-8-15(19-2)14(16)9-13/h3-9H,10,17H2,1-2H3. The van der Waals surface area contributed by atoms with Crippen molar-refractivity contribution in [2.45, 2.75) is 6.54 Å². The van der Waals surface area contributed by atoms with Crippen LogP contribution in [0.2, 0.25) is 0 Å². The third-order valence-electron chi connectivity index (χ3n) is 3.08. The Morgan fingerprint density at radius 3 is 2.26 bits per heavy atom.